The molecule has 0 spiro atoms. The zero-order valence-corrected chi connectivity index (χ0v) is 10.4. The summed E-state index contributed by atoms with van der Waals surface area (Å²) in [5, 5.41) is 3.22. The molecule has 3 N–H and O–H groups in total. The Balaban J connectivity index is 2.32. The minimum absolute atomic E-state index is 0.00532. The molecule has 2 rings (SSSR count). The lowest BCUT2D eigenvalue weighted by atomic mass is 10.0. The molecule has 5 heteroatoms. The van der Waals surface area contributed by atoms with E-state index in [-0.39, 0.29) is 5.56 Å². The van der Waals surface area contributed by atoms with Crippen LogP contribution in [0.5, 0.6) is 0 Å². The summed E-state index contributed by atoms with van der Waals surface area (Å²) in [6.07, 6.45) is 2.11. The van der Waals surface area contributed by atoms with Crippen molar-refractivity contribution >= 4 is 11.6 Å². The summed E-state index contributed by atoms with van der Waals surface area (Å²) in [5.74, 6) is -1.26. The third-order valence-corrected chi connectivity index (χ3v) is 3.41. The van der Waals surface area contributed by atoms with Crippen molar-refractivity contribution < 1.29 is 9.18 Å². The van der Waals surface area contributed by atoms with Crippen molar-refractivity contribution in [1.82, 2.24) is 5.32 Å². The number of nitrogens with two attached hydrogens (primary N) is 1. The van der Waals surface area contributed by atoms with Gasteiger partial charge < -0.3 is 16.0 Å². The number of carbonyl (C=O) groups excluding carboxylic acids is 1. The van der Waals surface area contributed by atoms with Gasteiger partial charge in [-0.15, -0.1) is 0 Å². The van der Waals surface area contributed by atoms with E-state index in [2.05, 4.69) is 5.32 Å². The van der Waals surface area contributed by atoms with Gasteiger partial charge in [-0.2, -0.15) is 0 Å². The van der Waals surface area contributed by atoms with Gasteiger partial charge >= 0.3 is 0 Å². The Hall–Kier alpha value is -1.62. The first kappa shape index (κ1) is 12.8. The topological polar surface area (TPSA) is 58.4 Å². The number of nitrogens with one attached hydrogen (secondary N) is 1. The number of carbonyl (C=O) groups is 1. The number of rotatable bonds is 3. The molecule has 0 saturated carbocycles. The number of piperidine rings is 1. The van der Waals surface area contributed by atoms with Gasteiger partial charge in [-0.1, -0.05) is 6.07 Å². The van der Waals surface area contributed by atoms with Gasteiger partial charge in [0, 0.05) is 19.1 Å². The smallest absolute Gasteiger partial charge is 0.253 e. The Bertz CT molecular complexity index is 450. The normalized spacial score (nSPS) is 19.9. The van der Waals surface area contributed by atoms with Crippen LogP contribution in [0.25, 0.3) is 0 Å². The molecule has 18 heavy (non-hydrogen) atoms. The summed E-state index contributed by atoms with van der Waals surface area (Å²) in [5.41, 5.74) is 5.86. The van der Waals surface area contributed by atoms with Gasteiger partial charge in [0.25, 0.3) is 5.91 Å². The van der Waals surface area contributed by atoms with Gasteiger partial charge in [0.2, 0.25) is 0 Å². The maximum Gasteiger partial charge on any atom is 0.253 e. The van der Waals surface area contributed by atoms with E-state index < -0.39 is 11.7 Å². The van der Waals surface area contributed by atoms with Gasteiger partial charge in [-0.25, -0.2) is 4.39 Å². The van der Waals surface area contributed by atoms with E-state index in [1.165, 1.54) is 6.07 Å². The largest absolute Gasteiger partial charge is 0.369 e. The van der Waals surface area contributed by atoms with Crippen LogP contribution in [0.1, 0.15) is 23.2 Å². The molecule has 1 aliphatic rings. The minimum atomic E-state index is -0.713. The molecule has 4 nitrogen and oxygen atoms in total. The second kappa shape index (κ2) is 5.35. The minimum Gasteiger partial charge on any atom is -0.369 e. The molecular weight excluding hydrogens is 233 g/mol. The van der Waals surface area contributed by atoms with E-state index in [0.29, 0.717) is 11.7 Å². The van der Waals surface area contributed by atoms with Crippen LogP contribution in [0.15, 0.2) is 18.2 Å². The number of amides is 1. The van der Waals surface area contributed by atoms with Crippen LogP contribution in [-0.4, -0.2) is 32.1 Å². The highest BCUT2D eigenvalue weighted by atomic mass is 19.1. The van der Waals surface area contributed by atoms with E-state index in [9.17, 15) is 9.18 Å². The van der Waals surface area contributed by atoms with Gasteiger partial charge in [0.05, 0.1) is 11.3 Å². The predicted octanol–water partition coefficient (Wildman–Crippen LogP) is 1.11. The van der Waals surface area contributed by atoms with Gasteiger partial charge in [0.1, 0.15) is 5.82 Å². The first-order chi connectivity index (χ1) is 8.63. The lowest BCUT2D eigenvalue weighted by Gasteiger charge is -2.35. The summed E-state index contributed by atoms with van der Waals surface area (Å²) >= 11 is 0. The van der Waals surface area contributed by atoms with Crippen molar-refractivity contribution in [2.75, 3.05) is 25.0 Å². The summed E-state index contributed by atoms with van der Waals surface area (Å²) < 4.78 is 13.7. The molecule has 1 unspecified atom stereocenters. The summed E-state index contributed by atoms with van der Waals surface area (Å²) in [6.45, 7) is 1.59. The number of benzene rings is 1. The van der Waals surface area contributed by atoms with Crippen molar-refractivity contribution in [3.8, 4) is 0 Å². The monoisotopic (exact) mass is 251 g/mol. The van der Waals surface area contributed by atoms with Crippen molar-refractivity contribution in [2.45, 2.75) is 18.9 Å². The second-order valence-corrected chi connectivity index (χ2v) is 4.57. The number of anilines is 1. The van der Waals surface area contributed by atoms with Crippen LogP contribution in [0.4, 0.5) is 10.1 Å². The number of nitrogens with zero attached hydrogens (tertiary/aromatic N) is 1. The molecule has 1 amide bonds. The molecule has 1 aromatic rings. The summed E-state index contributed by atoms with van der Waals surface area (Å²) in [7, 11) is 1.91. The first-order valence-corrected chi connectivity index (χ1v) is 6.14. The Labute approximate surface area is 106 Å². The zero-order chi connectivity index (χ0) is 13.1. The Kier molecular flexibility index (Phi) is 3.81. The van der Waals surface area contributed by atoms with Crippen molar-refractivity contribution in [1.29, 1.82) is 0 Å². The molecule has 1 atom stereocenters. The molecule has 1 aliphatic heterocycles. The van der Waals surface area contributed by atoms with Crippen molar-refractivity contribution in [3.05, 3.63) is 29.6 Å². The molecule has 98 valence electrons. The average Bonchev–Trinajstić information content (AvgIpc) is 2.38. The Morgan fingerprint density at radius 2 is 2.33 bits per heavy atom. The average molecular weight is 251 g/mol. The highest BCUT2D eigenvalue weighted by Crippen LogP contribution is 2.25. The lowest BCUT2D eigenvalue weighted by molar-refractivity contribution is 0.0997. The van der Waals surface area contributed by atoms with E-state index in [1.54, 1.807) is 12.1 Å². The van der Waals surface area contributed by atoms with Crippen LogP contribution >= 0.6 is 0 Å². The van der Waals surface area contributed by atoms with Crippen molar-refractivity contribution in [3.63, 3.8) is 0 Å². The van der Waals surface area contributed by atoms with Crippen LogP contribution in [0.2, 0.25) is 0 Å². The predicted molar refractivity (Wildman–Crippen MR) is 69.2 cm³/mol. The van der Waals surface area contributed by atoms with E-state index >= 15 is 0 Å². The van der Waals surface area contributed by atoms with Crippen LogP contribution in [-0.2, 0) is 0 Å². The number of hydrogen-bond donors (Lipinski definition) is 2. The number of hydrogen-bond acceptors (Lipinski definition) is 3. The summed E-state index contributed by atoms with van der Waals surface area (Å²) in [6, 6.07) is 4.99. The number of likely N-dealkylation sites (N-methyl/N-ethyl adjacent to an activating group) is 1. The fourth-order valence-corrected chi connectivity index (χ4v) is 2.45. The molecule has 1 saturated heterocycles. The van der Waals surface area contributed by atoms with Gasteiger partial charge in [-0.05, 0) is 32.0 Å². The van der Waals surface area contributed by atoms with Crippen LogP contribution < -0.4 is 16.0 Å². The molecule has 0 bridgehead atoms. The highest BCUT2D eigenvalue weighted by molar-refractivity contribution is 5.99. The fraction of sp³-hybridized carbons (Fsp3) is 0.462. The SMILES string of the molecule is CNC1CCCN(c2cccc(F)c2C(N)=O)C1. The lowest BCUT2D eigenvalue weighted by Crippen LogP contribution is -2.45. The van der Waals surface area contributed by atoms with Crippen LogP contribution in [0, 0.1) is 5.82 Å². The van der Waals surface area contributed by atoms with E-state index in [4.69, 9.17) is 5.73 Å². The maximum atomic E-state index is 13.7. The van der Waals surface area contributed by atoms with E-state index in [0.717, 1.165) is 25.9 Å². The molecule has 1 heterocycles. The van der Waals surface area contributed by atoms with E-state index in [1.807, 2.05) is 11.9 Å². The van der Waals surface area contributed by atoms with Gasteiger partial charge in [0.15, 0.2) is 0 Å². The molecule has 0 aliphatic carbocycles. The first-order valence-electron chi connectivity index (χ1n) is 6.14. The highest BCUT2D eigenvalue weighted by Gasteiger charge is 2.23. The third kappa shape index (κ3) is 2.46. The molecule has 0 radical (unpaired) electrons. The Morgan fingerprint density at radius 1 is 1.56 bits per heavy atom. The number of halogens is 1. The molecular formula is C13H18FN3O. The summed E-state index contributed by atoms with van der Waals surface area (Å²) in [4.78, 5) is 13.4. The third-order valence-electron chi connectivity index (χ3n) is 3.41. The maximum absolute atomic E-state index is 13.7. The molecule has 1 fully saturated rings. The Morgan fingerprint density at radius 3 is 3.00 bits per heavy atom. The fourth-order valence-electron chi connectivity index (χ4n) is 2.45. The molecule has 1 aromatic carbocycles. The second-order valence-electron chi connectivity index (χ2n) is 4.57. The zero-order valence-electron chi connectivity index (χ0n) is 10.4. The number of primary amides is 1. The standard InChI is InChI=1S/C13H18FN3O/c1-16-9-4-3-7-17(8-9)11-6-2-5-10(14)12(11)13(15)18/h2,5-6,9,16H,3-4,7-8H2,1H3,(H2,15,18). The van der Waals surface area contributed by atoms with Crippen LogP contribution in [0.3, 0.4) is 0 Å². The molecule has 0 aromatic heterocycles. The van der Waals surface area contributed by atoms with Crippen molar-refractivity contribution in [2.24, 2.45) is 5.73 Å². The van der Waals surface area contributed by atoms with Gasteiger partial charge in [-0.3, -0.25) is 4.79 Å². The quantitative estimate of drug-likeness (QED) is 0.846.